The van der Waals surface area contributed by atoms with E-state index < -0.39 is 0 Å². The van der Waals surface area contributed by atoms with Crippen LogP contribution >= 0.6 is 15.9 Å². The fourth-order valence-corrected chi connectivity index (χ4v) is 2.64. The Morgan fingerprint density at radius 1 is 1.32 bits per heavy atom. The lowest BCUT2D eigenvalue weighted by Gasteiger charge is -2.11. The van der Waals surface area contributed by atoms with Gasteiger partial charge in [-0.25, -0.2) is 14.4 Å². The molecule has 1 aromatic carbocycles. The molecule has 0 fully saturated rings. The van der Waals surface area contributed by atoms with Crippen molar-refractivity contribution in [2.45, 2.75) is 40.2 Å². The molecule has 5 nitrogen and oxygen atoms in total. The average Bonchev–Trinajstić information content (AvgIpc) is 2.89. The van der Waals surface area contributed by atoms with Gasteiger partial charge in [0.25, 0.3) is 0 Å². The Hall–Kier alpha value is -1.89. The van der Waals surface area contributed by atoms with E-state index >= 15 is 0 Å². The van der Waals surface area contributed by atoms with E-state index in [2.05, 4.69) is 36.5 Å². The molecule has 25 heavy (non-hydrogen) atoms. The standard InChI is InChI=1S/C18H24BrFN4O/c1-4-21-18(23-11-17-24-12(2)13(3)25-17)22-9-5-6-14-7-8-15(19)10-16(14)20/h7-8,10H,4-6,9,11H2,1-3H3,(H2,21,22,23). The zero-order valence-corrected chi connectivity index (χ0v) is 16.4. The molecule has 0 unspecified atom stereocenters. The van der Waals surface area contributed by atoms with Crippen LogP contribution in [0.2, 0.25) is 0 Å². The van der Waals surface area contributed by atoms with Crippen molar-refractivity contribution in [3.63, 3.8) is 0 Å². The van der Waals surface area contributed by atoms with Gasteiger partial charge in [-0.1, -0.05) is 22.0 Å². The van der Waals surface area contributed by atoms with Gasteiger partial charge in [0.1, 0.15) is 18.1 Å². The van der Waals surface area contributed by atoms with Gasteiger partial charge in [-0.05, 0) is 51.3 Å². The van der Waals surface area contributed by atoms with E-state index in [0.29, 0.717) is 31.4 Å². The van der Waals surface area contributed by atoms with Crippen LogP contribution in [0.1, 0.15) is 36.3 Å². The number of aryl methyl sites for hydroxylation is 3. The molecule has 0 aliphatic carbocycles. The van der Waals surface area contributed by atoms with Gasteiger partial charge in [-0.2, -0.15) is 0 Å². The van der Waals surface area contributed by atoms with Gasteiger partial charge in [0.2, 0.25) is 5.89 Å². The monoisotopic (exact) mass is 410 g/mol. The molecule has 7 heteroatoms. The van der Waals surface area contributed by atoms with Crippen molar-refractivity contribution < 1.29 is 8.81 Å². The van der Waals surface area contributed by atoms with Crippen molar-refractivity contribution >= 4 is 21.9 Å². The van der Waals surface area contributed by atoms with Gasteiger partial charge < -0.3 is 15.1 Å². The predicted molar refractivity (Wildman–Crippen MR) is 101 cm³/mol. The van der Waals surface area contributed by atoms with Gasteiger partial charge >= 0.3 is 0 Å². The summed E-state index contributed by atoms with van der Waals surface area (Å²) in [5, 5.41) is 6.43. The predicted octanol–water partition coefficient (Wildman–Crippen LogP) is 3.88. The number of oxazole rings is 1. The van der Waals surface area contributed by atoms with Crippen LogP contribution in [0, 0.1) is 19.7 Å². The second-order valence-corrected chi connectivity index (χ2v) is 6.63. The van der Waals surface area contributed by atoms with Gasteiger partial charge in [0.15, 0.2) is 5.96 Å². The lowest BCUT2D eigenvalue weighted by Crippen LogP contribution is -2.37. The lowest BCUT2D eigenvalue weighted by molar-refractivity contribution is 0.472. The quantitative estimate of drug-likeness (QED) is 0.413. The number of aromatic nitrogens is 1. The molecule has 0 saturated carbocycles. The van der Waals surface area contributed by atoms with Crippen LogP contribution in [0.25, 0.3) is 0 Å². The molecule has 0 radical (unpaired) electrons. The first kappa shape index (κ1) is 19.4. The van der Waals surface area contributed by atoms with Crippen LogP contribution in [0.3, 0.4) is 0 Å². The molecular formula is C18H24BrFN4O. The normalized spacial score (nSPS) is 11.6. The van der Waals surface area contributed by atoms with Crippen molar-refractivity contribution in [2.75, 3.05) is 13.1 Å². The van der Waals surface area contributed by atoms with Crippen LogP contribution in [-0.2, 0) is 13.0 Å². The lowest BCUT2D eigenvalue weighted by atomic mass is 10.1. The minimum absolute atomic E-state index is 0.176. The van der Waals surface area contributed by atoms with Crippen molar-refractivity contribution in [3.05, 3.63) is 51.4 Å². The summed E-state index contributed by atoms with van der Waals surface area (Å²) in [6, 6.07) is 5.16. The summed E-state index contributed by atoms with van der Waals surface area (Å²) in [6.07, 6.45) is 1.48. The Labute approximate surface area is 156 Å². The first-order chi connectivity index (χ1) is 12.0. The molecule has 0 aliphatic rings. The third-order valence-electron chi connectivity index (χ3n) is 3.72. The molecule has 0 bridgehead atoms. The highest BCUT2D eigenvalue weighted by Gasteiger charge is 2.06. The number of hydrogen-bond donors (Lipinski definition) is 2. The maximum atomic E-state index is 13.8. The SMILES string of the molecule is CCNC(=NCc1nc(C)c(C)o1)NCCCc1ccc(Br)cc1F. The molecule has 1 heterocycles. The zero-order chi connectivity index (χ0) is 18.2. The Morgan fingerprint density at radius 2 is 2.12 bits per heavy atom. The summed E-state index contributed by atoms with van der Waals surface area (Å²) in [5.41, 5.74) is 1.61. The maximum Gasteiger partial charge on any atom is 0.216 e. The van der Waals surface area contributed by atoms with Crippen LogP contribution in [0.15, 0.2) is 32.1 Å². The molecule has 2 rings (SSSR count). The third-order valence-corrected chi connectivity index (χ3v) is 4.21. The molecule has 0 atom stereocenters. The van der Waals surface area contributed by atoms with E-state index in [0.717, 1.165) is 34.5 Å². The molecule has 0 spiro atoms. The highest BCUT2D eigenvalue weighted by atomic mass is 79.9. The van der Waals surface area contributed by atoms with Crippen molar-refractivity contribution in [1.29, 1.82) is 0 Å². The smallest absolute Gasteiger partial charge is 0.216 e. The number of guanidine groups is 1. The summed E-state index contributed by atoms with van der Waals surface area (Å²) in [4.78, 5) is 8.79. The van der Waals surface area contributed by atoms with E-state index in [4.69, 9.17) is 4.42 Å². The summed E-state index contributed by atoms with van der Waals surface area (Å²) in [5.74, 6) is 1.95. The number of rotatable bonds is 7. The first-order valence-electron chi connectivity index (χ1n) is 8.38. The number of nitrogens with one attached hydrogen (secondary N) is 2. The largest absolute Gasteiger partial charge is 0.444 e. The van der Waals surface area contributed by atoms with Crippen molar-refractivity contribution in [2.24, 2.45) is 4.99 Å². The van der Waals surface area contributed by atoms with Crippen molar-refractivity contribution in [3.8, 4) is 0 Å². The Balaban J connectivity index is 1.83. The maximum absolute atomic E-state index is 13.8. The number of aliphatic imine (C=N–C) groups is 1. The van der Waals surface area contributed by atoms with Crippen LogP contribution < -0.4 is 10.6 Å². The Morgan fingerprint density at radius 3 is 2.76 bits per heavy atom. The highest BCUT2D eigenvalue weighted by molar-refractivity contribution is 9.10. The second-order valence-electron chi connectivity index (χ2n) is 5.71. The fraction of sp³-hybridized carbons (Fsp3) is 0.444. The number of hydrogen-bond acceptors (Lipinski definition) is 3. The van der Waals surface area contributed by atoms with Crippen LogP contribution in [-0.4, -0.2) is 24.0 Å². The minimum atomic E-state index is -0.176. The fourth-order valence-electron chi connectivity index (χ4n) is 2.31. The van der Waals surface area contributed by atoms with E-state index in [1.54, 1.807) is 0 Å². The summed E-state index contributed by atoms with van der Waals surface area (Å²) >= 11 is 3.27. The third kappa shape index (κ3) is 6.16. The van der Waals surface area contributed by atoms with E-state index in [-0.39, 0.29) is 5.82 Å². The second kappa shape index (κ2) is 9.56. The minimum Gasteiger partial charge on any atom is -0.444 e. The molecule has 2 aromatic rings. The molecular weight excluding hydrogens is 387 g/mol. The average molecular weight is 411 g/mol. The van der Waals surface area contributed by atoms with Gasteiger partial charge in [-0.3, -0.25) is 0 Å². The summed E-state index contributed by atoms with van der Waals surface area (Å²) < 4.78 is 20.1. The van der Waals surface area contributed by atoms with E-state index in [1.807, 2.05) is 32.9 Å². The Kier molecular flexibility index (Phi) is 7.43. The molecule has 136 valence electrons. The number of halogens is 2. The number of benzene rings is 1. The molecule has 0 aliphatic heterocycles. The van der Waals surface area contributed by atoms with Crippen LogP contribution in [0.5, 0.6) is 0 Å². The van der Waals surface area contributed by atoms with Crippen molar-refractivity contribution in [1.82, 2.24) is 15.6 Å². The molecule has 1 aromatic heterocycles. The topological polar surface area (TPSA) is 62.5 Å². The molecule has 0 saturated heterocycles. The molecule has 0 amide bonds. The van der Waals surface area contributed by atoms with Gasteiger partial charge in [-0.15, -0.1) is 0 Å². The van der Waals surface area contributed by atoms with E-state index in [9.17, 15) is 4.39 Å². The summed E-state index contributed by atoms with van der Waals surface area (Å²) in [6.45, 7) is 7.65. The number of nitrogens with zero attached hydrogens (tertiary/aromatic N) is 2. The highest BCUT2D eigenvalue weighted by Crippen LogP contribution is 2.16. The van der Waals surface area contributed by atoms with Gasteiger partial charge in [0.05, 0.1) is 5.69 Å². The van der Waals surface area contributed by atoms with Crippen LogP contribution in [0.4, 0.5) is 4.39 Å². The van der Waals surface area contributed by atoms with Gasteiger partial charge in [0, 0.05) is 17.6 Å². The first-order valence-corrected chi connectivity index (χ1v) is 9.18. The molecule has 2 N–H and O–H groups in total. The zero-order valence-electron chi connectivity index (χ0n) is 14.8. The van der Waals surface area contributed by atoms with E-state index in [1.165, 1.54) is 6.07 Å². The summed E-state index contributed by atoms with van der Waals surface area (Å²) in [7, 11) is 0. The Bertz CT molecular complexity index is 710.